The van der Waals surface area contributed by atoms with E-state index in [9.17, 15) is 9.59 Å². The summed E-state index contributed by atoms with van der Waals surface area (Å²) < 4.78 is 10.1. The number of nitrogens with zero attached hydrogens (tertiary/aromatic N) is 1. The van der Waals surface area contributed by atoms with Crippen molar-refractivity contribution < 1.29 is 19.1 Å². The summed E-state index contributed by atoms with van der Waals surface area (Å²) >= 11 is 0. The second-order valence-corrected chi connectivity index (χ2v) is 5.05. The molecule has 19 heavy (non-hydrogen) atoms. The van der Waals surface area contributed by atoms with Crippen molar-refractivity contribution in [3.05, 3.63) is 12.2 Å². The third kappa shape index (κ3) is 5.77. The average Bonchev–Trinajstić information content (AvgIpc) is 2.35. The third-order valence-electron chi connectivity index (χ3n) is 3.25. The molecule has 0 bridgehead atoms. The highest BCUT2D eigenvalue weighted by molar-refractivity contribution is 5.69. The molecular weight excluding hydrogens is 246 g/mol. The number of hydrogen-bond donors (Lipinski definition) is 0. The Balaban J connectivity index is 2.48. The minimum absolute atomic E-state index is 0.170. The molecule has 5 heteroatoms. The number of esters is 1. The summed E-state index contributed by atoms with van der Waals surface area (Å²) in [5.74, 6) is 0.134. The van der Waals surface area contributed by atoms with E-state index in [0.29, 0.717) is 12.3 Å². The van der Waals surface area contributed by atoms with E-state index < -0.39 is 0 Å². The smallest absolute Gasteiger partial charge is 0.409 e. The van der Waals surface area contributed by atoms with Crippen molar-refractivity contribution in [2.45, 2.75) is 38.2 Å². The lowest BCUT2D eigenvalue weighted by molar-refractivity contribution is -0.141. The second kappa shape index (κ2) is 7.81. The molecule has 0 aromatic rings. The Morgan fingerprint density at radius 2 is 2.00 bits per heavy atom. The molecule has 0 N–H and O–H groups in total. The van der Waals surface area contributed by atoms with Gasteiger partial charge < -0.3 is 14.4 Å². The quantitative estimate of drug-likeness (QED) is 0.583. The van der Waals surface area contributed by atoms with Gasteiger partial charge in [0.15, 0.2) is 0 Å². The maximum Gasteiger partial charge on any atom is 0.409 e. The van der Waals surface area contributed by atoms with E-state index in [1.807, 2.05) is 12.2 Å². The van der Waals surface area contributed by atoms with Gasteiger partial charge in [0.25, 0.3) is 0 Å². The number of methoxy groups -OCH3 is 1. The topological polar surface area (TPSA) is 55.8 Å². The zero-order chi connectivity index (χ0) is 14.3. The van der Waals surface area contributed by atoms with Crippen LogP contribution in [0.2, 0.25) is 0 Å². The fourth-order valence-corrected chi connectivity index (χ4v) is 2.08. The van der Waals surface area contributed by atoms with Crippen LogP contribution < -0.4 is 0 Å². The van der Waals surface area contributed by atoms with Crippen molar-refractivity contribution in [3.63, 3.8) is 0 Å². The first kappa shape index (κ1) is 15.5. The Morgan fingerprint density at radius 1 is 1.26 bits per heavy atom. The van der Waals surface area contributed by atoms with E-state index >= 15 is 0 Å². The molecule has 2 atom stereocenters. The monoisotopic (exact) mass is 269 g/mol. The molecule has 108 valence electrons. The number of allylic oxidation sites excluding steroid dienone is 1. The number of ether oxygens (including phenoxy) is 2. The van der Waals surface area contributed by atoms with Gasteiger partial charge in [-0.25, -0.2) is 4.79 Å². The van der Waals surface area contributed by atoms with Crippen molar-refractivity contribution in [1.82, 2.24) is 4.90 Å². The summed E-state index contributed by atoms with van der Waals surface area (Å²) in [6.45, 7) is 0. The van der Waals surface area contributed by atoms with Gasteiger partial charge in [0.2, 0.25) is 0 Å². The molecule has 1 rings (SSSR count). The minimum atomic E-state index is -0.334. The Labute approximate surface area is 114 Å². The fraction of sp³-hybridized carbons (Fsp3) is 0.714. The van der Waals surface area contributed by atoms with Gasteiger partial charge in [-0.1, -0.05) is 6.08 Å². The van der Waals surface area contributed by atoms with Gasteiger partial charge in [-0.3, -0.25) is 4.79 Å². The van der Waals surface area contributed by atoms with E-state index in [-0.39, 0.29) is 18.2 Å². The molecule has 0 saturated carbocycles. The number of carbonyl (C=O) groups is 2. The molecule has 0 aliphatic heterocycles. The van der Waals surface area contributed by atoms with Crippen LogP contribution in [0.25, 0.3) is 0 Å². The predicted octanol–water partition coefficient (Wildman–Crippen LogP) is 2.36. The summed E-state index contributed by atoms with van der Waals surface area (Å²) in [5.41, 5.74) is 0. The fourth-order valence-electron chi connectivity index (χ4n) is 2.08. The van der Waals surface area contributed by atoms with Crippen LogP contribution in [-0.4, -0.2) is 44.3 Å². The van der Waals surface area contributed by atoms with Crippen LogP contribution >= 0.6 is 0 Å². The Hall–Kier alpha value is -1.52. The molecule has 0 aromatic carbocycles. The predicted molar refractivity (Wildman–Crippen MR) is 71.7 cm³/mol. The Bertz CT molecular complexity index is 338. The molecular formula is C14H23NO4. The summed E-state index contributed by atoms with van der Waals surface area (Å²) in [4.78, 5) is 24.2. The van der Waals surface area contributed by atoms with Gasteiger partial charge in [0.1, 0.15) is 6.10 Å². The molecule has 0 saturated heterocycles. The average molecular weight is 269 g/mol. The van der Waals surface area contributed by atoms with Gasteiger partial charge in [-0.15, -0.1) is 0 Å². The van der Waals surface area contributed by atoms with Crippen molar-refractivity contribution >= 4 is 12.1 Å². The number of rotatable bonds is 3. The van der Waals surface area contributed by atoms with Gasteiger partial charge in [0.05, 0.1) is 7.11 Å². The first-order valence-corrected chi connectivity index (χ1v) is 6.64. The van der Waals surface area contributed by atoms with Crippen LogP contribution in [0.5, 0.6) is 0 Å². The molecule has 0 radical (unpaired) electrons. The largest absolute Gasteiger partial charge is 0.469 e. The maximum atomic E-state index is 11.5. The minimum Gasteiger partial charge on any atom is -0.469 e. The number of carbonyl (C=O) groups excluding carboxylic acids is 2. The maximum absolute atomic E-state index is 11.5. The van der Waals surface area contributed by atoms with E-state index in [0.717, 1.165) is 25.7 Å². The Kier molecular flexibility index (Phi) is 6.39. The zero-order valence-electron chi connectivity index (χ0n) is 11.9. The lowest BCUT2D eigenvalue weighted by Crippen LogP contribution is -2.28. The van der Waals surface area contributed by atoms with Crippen molar-refractivity contribution in [3.8, 4) is 0 Å². The zero-order valence-corrected chi connectivity index (χ0v) is 11.9. The standard InChI is InChI=1S/C14H23NO4/c1-15(2)14(17)19-12-7-5-4-6-11(8-9-12)10-13(16)18-3/h5,7,11-12H,4,6,8-10H2,1-3H3/b7-5+. The molecule has 0 fully saturated rings. The highest BCUT2D eigenvalue weighted by atomic mass is 16.6. The lowest BCUT2D eigenvalue weighted by atomic mass is 9.90. The highest BCUT2D eigenvalue weighted by Gasteiger charge is 2.20. The van der Waals surface area contributed by atoms with Crippen molar-refractivity contribution in [1.29, 1.82) is 0 Å². The second-order valence-electron chi connectivity index (χ2n) is 5.05. The van der Waals surface area contributed by atoms with Crippen LogP contribution in [0.1, 0.15) is 32.1 Å². The summed E-state index contributed by atoms with van der Waals surface area (Å²) in [6.07, 6.45) is 7.36. The molecule has 1 aliphatic rings. The van der Waals surface area contributed by atoms with Gasteiger partial charge in [-0.2, -0.15) is 0 Å². The van der Waals surface area contributed by atoms with Crippen LogP contribution in [0.3, 0.4) is 0 Å². The number of amides is 1. The van der Waals surface area contributed by atoms with E-state index in [1.54, 1.807) is 14.1 Å². The van der Waals surface area contributed by atoms with Crippen molar-refractivity contribution in [2.24, 2.45) is 5.92 Å². The van der Waals surface area contributed by atoms with E-state index in [4.69, 9.17) is 9.47 Å². The third-order valence-corrected chi connectivity index (χ3v) is 3.25. The SMILES string of the molecule is COC(=O)CC1CC/C=C/C(OC(=O)N(C)C)CC1. The lowest BCUT2D eigenvalue weighted by Gasteiger charge is -2.22. The van der Waals surface area contributed by atoms with Gasteiger partial charge in [0, 0.05) is 20.5 Å². The van der Waals surface area contributed by atoms with E-state index in [1.165, 1.54) is 12.0 Å². The van der Waals surface area contributed by atoms with Gasteiger partial charge in [-0.05, 0) is 37.7 Å². The normalized spacial score (nSPS) is 24.8. The number of hydrogen-bond acceptors (Lipinski definition) is 4. The first-order valence-electron chi connectivity index (χ1n) is 6.64. The molecule has 0 aromatic heterocycles. The van der Waals surface area contributed by atoms with Gasteiger partial charge >= 0.3 is 12.1 Å². The molecule has 0 heterocycles. The molecule has 2 unspecified atom stereocenters. The van der Waals surface area contributed by atoms with Crippen LogP contribution in [0.15, 0.2) is 12.2 Å². The van der Waals surface area contributed by atoms with Crippen LogP contribution in [-0.2, 0) is 14.3 Å². The first-order chi connectivity index (χ1) is 9.02. The summed E-state index contributed by atoms with van der Waals surface area (Å²) in [6, 6.07) is 0. The van der Waals surface area contributed by atoms with E-state index in [2.05, 4.69) is 0 Å². The molecule has 0 spiro atoms. The van der Waals surface area contributed by atoms with Crippen molar-refractivity contribution in [2.75, 3.05) is 21.2 Å². The van der Waals surface area contributed by atoms with Crippen LogP contribution in [0, 0.1) is 5.92 Å². The highest BCUT2D eigenvalue weighted by Crippen LogP contribution is 2.23. The van der Waals surface area contributed by atoms with Crippen LogP contribution in [0.4, 0.5) is 4.79 Å². The molecule has 1 amide bonds. The Morgan fingerprint density at radius 3 is 2.63 bits per heavy atom. The summed E-state index contributed by atoms with van der Waals surface area (Å²) in [7, 11) is 4.73. The summed E-state index contributed by atoms with van der Waals surface area (Å²) in [5, 5.41) is 0. The molecule has 5 nitrogen and oxygen atoms in total. The molecule has 1 aliphatic carbocycles.